The van der Waals surface area contributed by atoms with Gasteiger partial charge in [-0.15, -0.1) is 11.8 Å². The first-order chi connectivity index (χ1) is 12.1. The molecular formula is C20H24N2O2S. The molecule has 5 heteroatoms. The maximum Gasteiger partial charge on any atom is 0.251 e. The van der Waals surface area contributed by atoms with Crippen LogP contribution in [0.5, 0.6) is 0 Å². The second-order valence-electron chi connectivity index (χ2n) is 5.72. The van der Waals surface area contributed by atoms with Gasteiger partial charge in [0.05, 0.1) is 0 Å². The smallest absolute Gasteiger partial charge is 0.251 e. The van der Waals surface area contributed by atoms with Gasteiger partial charge in [-0.05, 0) is 54.6 Å². The third kappa shape index (κ3) is 5.94. The quantitative estimate of drug-likeness (QED) is 0.558. The molecule has 2 rings (SSSR count). The number of hydrogen-bond acceptors (Lipinski definition) is 3. The van der Waals surface area contributed by atoms with E-state index in [0.717, 1.165) is 23.3 Å². The molecule has 0 unspecified atom stereocenters. The number of hydrogen-bond donors (Lipinski definition) is 2. The van der Waals surface area contributed by atoms with E-state index < -0.39 is 0 Å². The van der Waals surface area contributed by atoms with Crippen LogP contribution in [0.1, 0.15) is 46.0 Å². The molecule has 0 saturated carbocycles. The number of thioether (sulfide) groups is 1. The molecule has 132 valence electrons. The Bertz CT molecular complexity index is 697. The molecule has 0 fully saturated rings. The van der Waals surface area contributed by atoms with Gasteiger partial charge in [0, 0.05) is 29.1 Å². The highest BCUT2D eigenvalue weighted by molar-refractivity contribution is 7.98. The van der Waals surface area contributed by atoms with Crippen LogP contribution in [0.2, 0.25) is 0 Å². The lowest BCUT2D eigenvalue weighted by molar-refractivity contribution is 0.0942. The van der Waals surface area contributed by atoms with Crippen LogP contribution in [0, 0.1) is 0 Å². The average Bonchev–Trinajstić information content (AvgIpc) is 2.66. The first-order valence-corrected chi connectivity index (χ1v) is 9.66. The molecule has 2 aromatic carbocycles. The van der Waals surface area contributed by atoms with Gasteiger partial charge in [0.25, 0.3) is 11.8 Å². The number of benzene rings is 2. The first-order valence-electron chi connectivity index (χ1n) is 8.43. The molecule has 0 aliphatic carbocycles. The van der Waals surface area contributed by atoms with E-state index in [1.165, 1.54) is 0 Å². The van der Waals surface area contributed by atoms with Crippen LogP contribution in [0.25, 0.3) is 0 Å². The normalized spacial score (nSPS) is 10.3. The van der Waals surface area contributed by atoms with E-state index in [4.69, 9.17) is 0 Å². The number of nitrogens with one attached hydrogen (secondary N) is 2. The summed E-state index contributed by atoms with van der Waals surface area (Å²) in [6.45, 7) is 3.22. The molecule has 25 heavy (non-hydrogen) atoms. The standard InChI is InChI=1S/C20H24N2O2S/c1-3-4-13-21-19(23)16-7-5-15(6-8-16)14-22-20(24)17-9-11-18(25-2)12-10-17/h5-12H,3-4,13-14H2,1-2H3,(H,21,23)(H,22,24). The summed E-state index contributed by atoms with van der Waals surface area (Å²) in [4.78, 5) is 25.2. The number of amides is 2. The first kappa shape index (κ1) is 19.1. The van der Waals surface area contributed by atoms with Crippen LogP contribution in [0.4, 0.5) is 0 Å². The van der Waals surface area contributed by atoms with Gasteiger partial charge >= 0.3 is 0 Å². The molecule has 0 heterocycles. The van der Waals surface area contributed by atoms with Crippen LogP contribution < -0.4 is 10.6 Å². The SMILES string of the molecule is CCCCNC(=O)c1ccc(CNC(=O)c2ccc(SC)cc2)cc1. The molecule has 0 spiro atoms. The summed E-state index contributed by atoms with van der Waals surface area (Å²) in [5.41, 5.74) is 2.24. The summed E-state index contributed by atoms with van der Waals surface area (Å²) >= 11 is 1.64. The van der Waals surface area contributed by atoms with Gasteiger partial charge in [0.1, 0.15) is 0 Å². The zero-order valence-electron chi connectivity index (χ0n) is 14.7. The summed E-state index contributed by atoms with van der Waals surface area (Å²) in [6, 6.07) is 14.8. The molecule has 0 saturated heterocycles. The molecular weight excluding hydrogens is 332 g/mol. The topological polar surface area (TPSA) is 58.2 Å². The van der Waals surface area contributed by atoms with E-state index in [-0.39, 0.29) is 11.8 Å². The van der Waals surface area contributed by atoms with Gasteiger partial charge in [-0.1, -0.05) is 25.5 Å². The summed E-state index contributed by atoms with van der Waals surface area (Å²) in [5.74, 6) is -0.160. The molecule has 2 amide bonds. The van der Waals surface area contributed by atoms with Crippen molar-refractivity contribution in [2.75, 3.05) is 12.8 Å². The van der Waals surface area contributed by atoms with Crippen molar-refractivity contribution in [2.45, 2.75) is 31.2 Å². The summed E-state index contributed by atoms with van der Waals surface area (Å²) in [7, 11) is 0. The van der Waals surface area contributed by atoms with E-state index in [0.29, 0.717) is 24.2 Å². The van der Waals surface area contributed by atoms with Gasteiger partial charge in [-0.3, -0.25) is 9.59 Å². The lowest BCUT2D eigenvalue weighted by Crippen LogP contribution is -2.24. The van der Waals surface area contributed by atoms with Gasteiger partial charge in [-0.25, -0.2) is 0 Å². The number of carbonyl (C=O) groups is 2. The lowest BCUT2D eigenvalue weighted by atomic mass is 10.1. The molecule has 0 aliphatic heterocycles. The third-order valence-corrected chi connectivity index (χ3v) is 4.58. The Kier molecular flexibility index (Phi) is 7.54. The minimum atomic E-state index is -0.103. The zero-order valence-corrected chi connectivity index (χ0v) is 15.5. The Morgan fingerprint density at radius 2 is 1.44 bits per heavy atom. The predicted octanol–water partition coefficient (Wildman–Crippen LogP) is 3.87. The molecule has 0 bridgehead atoms. The van der Waals surface area contributed by atoms with Crippen molar-refractivity contribution in [3.8, 4) is 0 Å². The van der Waals surface area contributed by atoms with Crippen molar-refractivity contribution in [1.29, 1.82) is 0 Å². The molecule has 0 aliphatic rings. The van der Waals surface area contributed by atoms with E-state index in [1.54, 1.807) is 23.9 Å². The minimum Gasteiger partial charge on any atom is -0.352 e. The second-order valence-corrected chi connectivity index (χ2v) is 6.60. The molecule has 4 nitrogen and oxygen atoms in total. The van der Waals surface area contributed by atoms with Crippen molar-refractivity contribution in [3.63, 3.8) is 0 Å². The highest BCUT2D eigenvalue weighted by atomic mass is 32.2. The van der Waals surface area contributed by atoms with Crippen molar-refractivity contribution < 1.29 is 9.59 Å². The Morgan fingerprint density at radius 3 is 2.00 bits per heavy atom. The van der Waals surface area contributed by atoms with Crippen LogP contribution >= 0.6 is 11.8 Å². The fourth-order valence-electron chi connectivity index (χ4n) is 2.28. The molecule has 0 aromatic heterocycles. The van der Waals surface area contributed by atoms with E-state index in [9.17, 15) is 9.59 Å². The van der Waals surface area contributed by atoms with Crippen molar-refractivity contribution in [1.82, 2.24) is 10.6 Å². The fraction of sp³-hybridized carbons (Fsp3) is 0.300. The maximum atomic E-state index is 12.2. The summed E-state index contributed by atoms with van der Waals surface area (Å²) < 4.78 is 0. The largest absolute Gasteiger partial charge is 0.352 e. The van der Waals surface area contributed by atoms with Gasteiger partial charge in [-0.2, -0.15) is 0 Å². The van der Waals surface area contributed by atoms with E-state index in [1.807, 2.05) is 42.7 Å². The van der Waals surface area contributed by atoms with Crippen LogP contribution in [0.15, 0.2) is 53.4 Å². The summed E-state index contributed by atoms with van der Waals surface area (Å²) in [5, 5.41) is 5.79. The second kappa shape index (κ2) is 9.89. The molecule has 0 radical (unpaired) electrons. The predicted molar refractivity (Wildman–Crippen MR) is 103 cm³/mol. The van der Waals surface area contributed by atoms with Crippen LogP contribution in [0.3, 0.4) is 0 Å². The maximum absolute atomic E-state index is 12.2. The van der Waals surface area contributed by atoms with Gasteiger partial charge in [0.2, 0.25) is 0 Å². The number of unbranched alkanes of at least 4 members (excludes halogenated alkanes) is 1. The Balaban J connectivity index is 1.86. The fourth-order valence-corrected chi connectivity index (χ4v) is 2.69. The highest BCUT2D eigenvalue weighted by Gasteiger charge is 2.07. The minimum absolute atomic E-state index is 0.0575. The van der Waals surface area contributed by atoms with E-state index >= 15 is 0 Å². The highest BCUT2D eigenvalue weighted by Crippen LogP contribution is 2.15. The third-order valence-electron chi connectivity index (χ3n) is 3.84. The number of carbonyl (C=O) groups excluding carboxylic acids is 2. The Labute approximate surface area is 153 Å². The van der Waals surface area contributed by atoms with Crippen molar-refractivity contribution >= 4 is 23.6 Å². The number of rotatable bonds is 8. The Hall–Kier alpha value is -2.27. The van der Waals surface area contributed by atoms with Crippen LogP contribution in [-0.2, 0) is 6.54 Å². The van der Waals surface area contributed by atoms with Gasteiger partial charge < -0.3 is 10.6 Å². The van der Waals surface area contributed by atoms with Crippen LogP contribution in [-0.4, -0.2) is 24.6 Å². The molecule has 2 N–H and O–H groups in total. The lowest BCUT2D eigenvalue weighted by Gasteiger charge is -2.08. The average molecular weight is 356 g/mol. The zero-order chi connectivity index (χ0) is 18.1. The van der Waals surface area contributed by atoms with Crippen molar-refractivity contribution in [2.24, 2.45) is 0 Å². The molecule has 0 atom stereocenters. The molecule has 2 aromatic rings. The van der Waals surface area contributed by atoms with E-state index in [2.05, 4.69) is 17.6 Å². The van der Waals surface area contributed by atoms with Gasteiger partial charge in [0.15, 0.2) is 0 Å². The Morgan fingerprint density at radius 1 is 0.880 bits per heavy atom. The summed E-state index contributed by atoms with van der Waals surface area (Å²) in [6.07, 6.45) is 4.04. The monoisotopic (exact) mass is 356 g/mol. The van der Waals surface area contributed by atoms with Crippen molar-refractivity contribution in [3.05, 3.63) is 65.2 Å².